The third-order valence-electron chi connectivity index (χ3n) is 7.53. The van der Waals surface area contributed by atoms with Crippen LogP contribution >= 0.6 is 0 Å². The Labute approximate surface area is 237 Å². The number of unbranched alkanes of at least 4 members (excludes halogenated alkanes) is 23. The lowest BCUT2D eigenvalue weighted by Crippen LogP contribution is -2.06. The van der Waals surface area contributed by atoms with Crippen LogP contribution in [0.5, 0.6) is 0 Å². The maximum Gasteiger partial charge on any atom is 0.305 e. The van der Waals surface area contributed by atoms with Gasteiger partial charge in [0.25, 0.3) is 0 Å². The fourth-order valence-electron chi connectivity index (χ4n) is 4.94. The smallest absolute Gasteiger partial charge is 0.305 e. The predicted octanol–water partition coefficient (Wildman–Crippen LogP) is 11.0. The highest BCUT2D eigenvalue weighted by Gasteiger charge is 2.04. The highest BCUT2D eigenvalue weighted by molar-refractivity contribution is 5.69. The van der Waals surface area contributed by atoms with E-state index in [1.807, 2.05) is 0 Å². The van der Waals surface area contributed by atoms with Gasteiger partial charge in [0.15, 0.2) is 0 Å². The number of esters is 2. The van der Waals surface area contributed by atoms with Gasteiger partial charge in [0.05, 0.1) is 13.2 Å². The standard InChI is InChI=1S/C34H66O4/c1-3-5-7-9-10-11-12-13-14-15-16-17-18-21-24-28-32-38-34(36)30-26-23-20-19-22-25-29-33(35)37-31-27-8-6-4-2/h3-32H2,1-2H3. The second kappa shape index (κ2) is 32.2. The van der Waals surface area contributed by atoms with E-state index in [9.17, 15) is 9.59 Å². The van der Waals surface area contributed by atoms with Gasteiger partial charge in [-0.3, -0.25) is 9.59 Å². The number of hydrogen-bond donors (Lipinski definition) is 0. The normalized spacial score (nSPS) is 11.1. The number of carbonyl (C=O) groups is 2. The number of carbonyl (C=O) groups excluding carboxylic acids is 2. The molecule has 0 N–H and O–H groups in total. The van der Waals surface area contributed by atoms with E-state index in [0.29, 0.717) is 26.1 Å². The van der Waals surface area contributed by atoms with Crippen LogP contribution in [0.3, 0.4) is 0 Å². The van der Waals surface area contributed by atoms with Crippen molar-refractivity contribution in [2.75, 3.05) is 13.2 Å². The summed E-state index contributed by atoms with van der Waals surface area (Å²) in [5.41, 5.74) is 0. The van der Waals surface area contributed by atoms with Crippen molar-refractivity contribution in [2.45, 2.75) is 194 Å². The Morgan fingerprint density at radius 1 is 0.342 bits per heavy atom. The molecule has 0 aliphatic carbocycles. The van der Waals surface area contributed by atoms with Crippen molar-refractivity contribution in [1.29, 1.82) is 0 Å². The molecule has 0 bridgehead atoms. The fraction of sp³-hybridized carbons (Fsp3) is 0.941. The van der Waals surface area contributed by atoms with Gasteiger partial charge in [-0.15, -0.1) is 0 Å². The van der Waals surface area contributed by atoms with Gasteiger partial charge in [0.2, 0.25) is 0 Å². The summed E-state index contributed by atoms with van der Waals surface area (Å²) in [6.45, 7) is 5.63. The van der Waals surface area contributed by atoms with E-state index in [-0.39, 0.29) is 11.9 Å². The summed E-state index contributed by atoms with van der Waals surface area (Å²) < 4.78 is 10.7. The maximum atomic E-state index is 11.9. The molecule has 0 radical (unpaired) electrons. The second-order valence-electron chi connectivity index (χ2n) is 11.4. The van der Waals surface area contributed by atoms with Crippen LogP contribution in [-0.2, 0) is 19.1 Å². The van der Waals surface area contributed by atoms with Crippen LogP contribution in [0.1, 0.15) is 194 Å². The molecule has 0 aromatic heterocycles. The van der Waals surface area contributed by atoms with Gasteiger partial charge in [-0.2, -0.15) is 0 Å². The zero-order chi connectivity index (χ0) is 27.8. The maximum absolute atomic E-state index is 11.9. The summed E-state index contributed by atoms with van der Waals surface area (Å²) in [6, 6.07) is 0. The molecule has 0 saturated heterocycles. The molecule has 226 valence electrons. The Kier molecular flexibility index (Phi) is 31.3. The molecule has 0 aliphatic heterocycles. The van der Waals surface area contributed by atoms with Crippen LogP contribution in [0, 0.1) is 0 Å². The molecule has 0 spiro atoms. The molecule has 4 heteroatoms. The van der Waals surface area contributed by atoms with E-state index in [1.54, 1.807) is 0 Å². The van der Waals surface area contributed by atoms with Gasteiger partial charge in [-0.05, 0) is 25.7 Å². The Morgan fingerprint density at radius 2 is 0.579 bits per heavy atom. The SMILES string of the molecule is CCCCCCCCCCCCCCCCCCOC(=O)CCCCCCCCC(=O)OCCCCCC. The Morgan fingerprint density at radius 3 is 0.895 bits per heavy atom. The van der Waals surface area contributed by atoms with E-state index in [2.05, 4.69) is 13.8 Å². The zero-order valence-electron chi connectivity index (χ0n) is 25.8. The lowest BCUT2D eigenvalue weighted by molar-refractivity contribution is -0.144. The van der Waals surface area contributed by atoms with Gasteiger partial charge in [0, 0.05) is 12.8 Å². The van der Waals surface area contributed by atoms with Crippen molar-refractivity contribution >= 4 is 11.9 Å². The van der Waals surface area contributed by atoms with Crippen LogP contribution in [-0.4, -0.2) is 25.2 Å². The van der Waals surface area contributed by atoms with Gasteiger partial charge in [-0.1, -0.05) is 155 Å². The fourth-order valence-corrected chi connectivity index (χ4v) is 4.94. The van der Waals surface area contributed by atoms with Gasteiger partial charge < -0.3 is 9.47 Å². The first-order valence-electron chi connectivity index (χ1n) is 17.0. The molecule has 0 aliphatic rings. The molecule has 0 aromatic rings. The van der Waals surface area contributed by atoms with Crippen LogP contribution in [0.15, 0.2) is 0 Å². The predicted molar refractivity (Wildman–Crippen MR) is 163 cm³/mol. The third kappa shape index (κ3) is 31.2. The second-order valence-corrected chi connectivity index (χ2v) is 11.4. The number of ether oxygens (including phenoxy) is 2. The van der Waals surface area contributed by atoms with Crippen molar-refractivity contribution in [3.05, 3.63) is 0 Å². The number of hydrogen-bond acceptors (Lipinski definition) is 4. The molecule has 0 fully saturated rings. The summed E-state index contributed by atoms with van der Waals surface area (Å²) >= 11 is 0. The highest BCUT2D eigenvalue weighted by atomic mass is 16.5. The van der Waals surface area contributed by atoms with E-state index in [1.165, 1.54) is 109 Å². The van der Waals surface area contributed by atoms with Crippen LogP contribution in [0.4, 0.5) is 0 Å². The van der Waals surface area contributed by atoms with Crippen LogP contribution < -0.4 is 0 Å². The van der Waals surface area contributed by atoms with Gasteiger partial charge in [0.1, 0.15) is 0 Å². The largest absolute Gasteiger partial charge is 0.466 e. The molecule has 0 heterocycles. The summed E-state index contributed by atoms with van der Waals surface area (Å²) in [5, 5.41) is 0. The minimum atomic E-state index is -0.0476. The zero-order valence-corrected chi connectivity index (χ0v) is 25.8. The average Bonchev–Trinajstić information content (AvgIpc) is 2.91. The summed E-state index contributed by atoms with van der Waals surface area (Å²) in [4.78, 5) is 23.6. The molecule has 0 rings (SSSR count). The third-order valence-corrected chi connectivity index (χ3v) is 7.53. The molecule has 0 atom stereocenters. The van der Waals surface area contributed by atoms with Crippen molar-refractivity contribution < 1.29 is 19.1 Å². The van der Waals surface area contributed by atoms with Crippen LogP contribution in [0.25, 0.3) is 0 Å². The van der Waals surface area contributed by atoms with Crippen molar-refractivity contribution in [3.63, 3.8) is 0 Å². The van der Waals surface area contributed by atoms with Gasteiger partial charge >= 0.3 is 11.9 Å². The monoisotopic (exact) mass is 538 g/mol. The van der Waals surface area contributed by atoms with Crippen molar-refractivity contribution in [1.82, 2.24) is 0 Å². The van der Waals surface area contributed by atoms with Gasteiger partial charge in [-0.25, -0.2) is 0 Å². The number of rotatable bonds is 31. The minimum Gasteiger partial charge on any atom is -0.466 e. The van der Waals surface area contributed by atoms with Crippen molar-refractivity contribution in [3.8, 4) is 0 Å². The Hall–Kier alpha value is -1.06. The first-order valence-corrected chi connectivity index (χ1v) is 17.0. The molecule has 0 unspecified atom stereocenters. The Balaban J connectivity index is 3.21. The molecule has 38 heavy (non-hydrogen) atoms. The molecular weight excluding hydrogens is 472 g/mol. The minimum absolute atomic E-state index is 0.0346. The van der Waals surface area contributed by atoms with E-state index < -0.39 is 0 Å². The van der Waals surface area contributed by atoms with Crippen LogP contribution in [0.2, 0.25) is 0 Å². The summed E-state index contributed by atoms with van der Waals surface area (Å²) in [6.07, 6.45) is 33.6. The first-order chi connectivity index (χ1) is 18.7. The topological polar surface area (TPSA) is 52.6 Å². The molecular formula is C34H66O4. The Bertz CT molecular complexity index is 491. The summed E-state index contributed by atoms with van der Waals surface area (Å²) in [7, 11) is 0. The highest BCUT2D eigenvalue weighted by Crippen LogP contribution is 2.14. The average molecular weight is 539 g/mol. The molecule has 0 aromatic carbocycles. The lowest BCUT2D eigenvalue weighted by atomic mass is 10.0. The van der Waals surface area contributed by atoms with Crippen molar-refractivity contribution in [2.24, 2.45) is 0 Å². The van der Waals surface area contributed by atoms with E-state index in [0.717, 1.165) is 57.8 Å². The molecule has 0 saturated carbocycles. The molecule has 4 nitrogen and oxygen atoms in total. The van der Waals surface area contributed by atoms with E-state index in [4.69, 9.17) is 9.47 Å². The summed E-state index contributed by atoms with van der Waals surface area (Å²) in [5.74, 6) is -0.0822. The van der Waals surface area contributed by atoms with E-state index >= 15 is 0 Å². The lowest BCUT2D eigenvalue weighted by Gasteiger charge is -2.06. The molecule has 0 amide bonds. The quantitative estimate of drug-likeness (QED) is 0.0650. The first kappa shape index (κ1) is 36.9.